The highest BCUT2D eigenvalue weighted by Gasteiger charge is 2.19. The Kier molecular flexibility index (Phi) is 3.75. The summed E-state index contributed by atoms with van der Waals surface area (Å²) in [5, 5.41) is 4.49. The number of aryl methyl sites for hydroxylation is 2. The number of benzene rings is 1. The smallest absolute Gasteiger partial charge is 0.342 e. The fraction of sp³-hybridized carbons (Fsp3) is 0.286. The van der Waals surface area contributed by atoms with Crippen molar-refractivity contribution >= 4 is 22.8 Å². The number of nitrogens with two attached hydrogens (primary N) is 1. The molecular weight excluding hydrogens is 274 g/mol. The molecule has 7 nitrogen and oxygen atoms in total. The van der Waals surface area contributed by atoms with Gasteiger partial charge in [0.1, 0.15) is 0 Å². The molecule has 7 heteroatoms. The van der Waals surface area contributed by atoms with Gasteiger partial charge < -0.3 is 10.5 Å². The Morgan fingerprint density at radius 3 is 2.62 bits per heavy atom. The molecule has 2 rings (SSSR count). The van der Waals surface area contributed by atoms with Crippen LogP contribution in [0.2, 0.25) is 0 Å². The van der Waals surface area contributed by atoms with Crippen molar-refractivity contribution < 1.29 is 14.3 Å². The van der Waals surface area contributed by atoms with Crippen LogP contribution in [0.25, 0.3) is 10.8 Å². The molecule has 0 saturated heterocycles. The van der Waals surface area contributed by atoms with E-state index in [1.165, 1.54) is 6.20 Å². The number of ether oxygens (including phenoxy) is 1. The van der Waals surface area contributed by atoms with Gasteiger partial charge in [0.25, 0.3) is 5.56 Å². The summed E-state index contributed by atoms with van der Waals surface area (Å²) in [6.07, 6.45) is 1.37. The van der Waals surface area contributed by atoms with Gasteiger partial charge in [-0.15, -0.1) is 4.68 Å². The lowest BCUT2D eigenvalue weighted by molar-refractivity contribution is 0.0525. The average Bonchev–Trinajstić information content (AvgIpc) is 2.38. The van der Waals surface area contributed by atoms with Gasteiger partial charge in [-0.2, -0.15) is 5.10 Å². The summed E-state index contributed by atoms with van der Waals surface area (Å²) in [7, 11) is 0. The first-order valence-electron chi connectivity index (χ1n) is 6.37. The number of aromatic nitrogens is 2. The van der Waals surface area contributed by atoms with Gasteiger partial charge in [0.05, 0.1) is 23.8 Å². The standard InChI is InChI=1S/C14H15N3O4/c1-4-21-13(19)10-7(2)5-9-6-16-17(14(15)20)12(18)11(9)8(10)3/h5-6H,4H2,1-3H3,(H2,15,20). The second-order valence-electron chi connectivity index (χ2n) is 4.58. The number of hydrogen-bond donors (Lipinski definition) is 1. The van der Waals surface area contributed by atoms with Crippen molar-refractivity contribution in [2.24, 2.45) is 5.73 Å². The van der Waals surface area contributed by atoms with E-state index >= 15 is 0 Å². The van der Waals surface area contributed by atoms with Crippen LogP contribution in [0.15, 0.2) is 17.1 Å². The van der Waals surface area contributed by atoms with Gasteiger partial charge in [-0.05, 0) is 38.0 Å². The van der Waals surface area contributed by atoms with E-state index in [9.17, 15) is 14.4 Å². The largest absolute Gasteiger partial charge is 0.462 e. The van der Waals surface area contributed by atoms with E-state index in [4.69, 9.17) is 10.5 Å². The molecule has 2 aromatic rings. The van der Waals surface area contributed by atoms with Gasteiger partial charge in [-0.1, -0.05) is 0 Å². The van der Waals surface area contributed by atoms with E-state index in [1.807, 2.05) is 0 Å². The maximum Gasteiger partial charge on any atom is 0.342 e. The van der Waals surface area contributed by atoms with Crippen molar-refractivity contribution in [1.82, 2.24) is 9.78 Å². The molecule has 0 atom stereocenters. The Morgan fingerprint density at radius 1 is 1.38 bits per heavy atom. The van der Waals surface area contributed by atoms with Crippen LogP contribution in [0.5, 0.6) is 0 Å². The topological polar surface area (TPSA) is 104 Å². The predicted molar refractivity (Wildman–Crippen MR) is 76.4 cm³/mol. The summed E-state index contributed by atoms with van der Waals surface area (Å²) >= 11 is 0. The highest BCUT2D eigenvalue weighted by atomic mass is 16.5. The summed E-state index contributed by atoms with van der Waals surface area (Å²) in [5.74, 6) is -0.503. The lowest BCUT2D eigenvalue weighted by atomic mass is 9.97. The lowest BCUT2D eigenvalue weighted by Crippen LogP contribution is -2.34. The van der Waals surface area contributed by atoms with Gasteiger partial charge in [0.2, 0.25) is 0 Å². The van der Waals surface area contributed by atoms with Crippen molar-refractivity contribution in [3.05, 3.63) is 39.3 Å². The Labute approximate surface area is 120 Å². The zero-order valence-corrected chi connectivity index (χ0v) is 12.0. The summed E-state index contributed by atoms with van der Waals surface area (Å²) in [6.45, 7) is 5.32. The van der Waals surface area contributed by atoms with Gasteiger partial charge >= 0.3 is 12.0 Å². The van der Waals surface area contributed by atoms with E-state index in [1.54, 1.807) is 26.8 Å². The normalized spacial score (nSPS) is 10.6. The fourth-order valence-corrected chi connectivity index (χ4v) is 2.35. The molecule has 0 aliphatic carbocycles. The average molecular weight is 289 g/mol. The van der Waals surface area contributed by atoms with Crippen LogP contribution in [0.3, 0.4) is 0 Å². The lowest BCUT2D eigenvalue weighted by Gasteiger charge is -2.12. The van der Waals surface area contributed by atoms with Gasteiger partial charge in [-0.3, -0.25) is 4.79 Å². The zero-order valence-electron chi connectivity index (χ0n) is 12.0. The van der Waals surface area contributed by atoms with Crippen LogP contribution < -0.4 is 11.3 Å². The van der Waals surface area contributed by atoms with Gasteiger partial charge in [-0.25, -0.2) is 9.59 Å². The first-order valence-corrected chi connectivity index (χ1v) is 6.37. The number of rotatable bonds is 2. The molecule has 0 aliphatic rings. The van der Waals surface area contributed by atoms with Crippen LogP contribution in [-0.2, 0) is 4.74 Å². The van der Waals surface area contributed by atoms with Crippen LogP contribution in [0.4, 0.5) is 4.79 Å². The quantitative estimate of drug-likeness (QED) is 0.834. The Balaban J connectivity index is 2.86. The van der Waals surface area contributed by atoms with Crippen LogP contribution in [0.1, 0.15) is 28.4 Å². The third kappa shape index (κ3) is 2.37. The van der Waals surface area contributed by atoms with E-state index in [0.717, 1.165) is 0 Å². The summed E-state index contributed by atoms with van der Waals surface area (Å²) in [5.41, 5.74) is 5.90. The van der Waals surface area contributed by atoms with E-state index in [-0.39, 0.29) is 12.0 Å². The van der Waals surface area contributed by atoms with Crippen molar-refractivity contribution in [2.75, 3.05) is 6.61 Å². The number of primary amides is 1. The first kappa shape index (κ1) is 14.7. The van der Waals surface area contributed by atoms with Crippen molar-refractivity contribution in [2.45, 2.75) is 20.8 Å². The first-order chi connectivity index (χ1) is 9.88. The zero-order chi connectivity index (χ0) is 15.7. The molecule has 21 heavy (non-hydrogen) atoms. The highest BCUT2D eigenvalue weighted by Crippen LogP contribution is 2.23. The number of nitrogens with zero attached hydrogens (tertiary/aromatic N) is 2. The monoisotopic (exact) mass is 289 g/mol. The number of fused-ring (bicyclic) bond motifs is 1. The van der Waals surface area contributed by atoms with Gasteiger partial charge in [0, 0.05) is 5.39 Å². The number of esters is 1. The minimum absolute atomic E-state index is 0.234. The molecular formula is C14H15N3O4. The number of carbonyl (C=O) groups is 2. The molecule has 0 spiro atoms. The van der Waals surface area contributed by atoms with Crippen LogP contribution in [-0.4, -0.2) is 28.4 Å². The third-order valence-corrected chi connectivity index (χ3v) is 3.21. The number of amides is 1. The van der Waals surface area contributed by atoms with Crippen molar-refractivity contribution in [3.8, 4) is 0 Å². The molecule has 110 valence electrons. The maximum atomic E-state index is 12.3. The molecule has 1 amide bonds. The summed E-state index contributed by atoms with van der Waals surface area (Å²) in [4.78, 5) is 35.5. The molecule has 0 saturated carbocycles. The molecule has 0 unspecified atom stereocenters. The minimum atomic E-state index is -0.973. The maximum absolute atomic E-state index is 12.3. The Bertz CT molecular complexity index is 808. The fourth-order valence-electron chi connectivity index (χ4n) is 2.35. The summed E-state index contributed by atoms with van der Waals surface area (Å²) < 4.78 is 5.57. The molecule has 0 fully saturated rings. The van der Waals surface area contributed by atoms with E-state index < -0.39 is 17.6 Å². The van der Waals surface area contributed by atoms with Gasteiger partial charge in [0.15, 0.2) is 0 Å². The molecule has 1 aromatic heterocycles. The minimum Gasteiger partial charge on any atom is -0.462 e. The number of hydrogen-bond acceptors (Lipinski definition) is 5. The molecule has 0 bridgehead atoms. The third-order valence-electron chi connectivity index (χ3n) is 3.21. The molecule has 1 heterocycles. The number of carbonyl (C=O) groups excluding carboxylic acids is 2. The SMILES string of the molecule is CCOC(=O)c1c(C)cc2cnn(C(N)=O)c(=O)c2c1C. The second kappa shape index (κ2) is 5.35. The Hall–Kier alpha value is -2.70. The second-order valence-corrected chi connectivity index (χ2v) is 4.58. The van der Waals surface area contributed by atoms with E-state index in [0.29, 0.717) is 26.8 Å². The van der Waals surface area contributed by atoms with Crippen LogP contribution in [0, 0.1) is 13.8 Å². The molecule has 0 aliphatic heterocycles. The molecule has 2 N–H and O–H groups in total. The Morgan fingerprint density at radius 2 is 2.05 bits per heavy atom. The predicted octanol–water partition coefficient (Wildman–Crippen LogP) is 1.12. The molecule has 0 radical (unpaired) electrons. The van der Waals surface area contributed by atoms with Crippen molar-refractivity contribution in [3.63, 3.8) is 0 Å². The van der Waals surface area contributed by atoms with E-state index in [2.05, 4.69) is 5.10 Å². The van der Waals surface area contributed by atoms with Crippen LogP contribution >= 0.6 is 0 Å². The molecule has 1 aromatic carbocycles. The highest BCUT2D eigenvalue weighted by molar-refractivity contribution is 6.00. The summed E-state index contributed by atoms with van der Waals surface area (Å²) in [6, 6.07) is 0.688. The van der Waals surface area contributed by atoms with Crippen molar-refractivity contribution in [1.29, 1.82) is 0 Å².